The molecule has 1 unspecified atom stereocenters. The summed E-state index contributed by atoms with van der Waals surface area (Å²) in [5.41, 5.74) is 3.26. The molecule has 0 bridgehead atoms. The van der Waals surface area contributed by atoms with E-state index >= 15 is 0 Å². The summed E-state index contributed by atoms with van der Waals surface area (Å²) in [4.78, 5) is 23.4. The molecule has 0 aliphatic rings. The Balaban J connectivity index is 2.67. The molecule has 1 N–H and O–H groups in total. The zero-order valence-corrected chi connectivity index (χ0v) is 13.7. The Morgan fingerprint density at radius 3 is 2.33 bits per heavy atom. The fraction of sp³-hybridized carbons (Fsp3) is 0.529. The fourth-order valence-electron chi connectivity index (χ4n) is 2.25. The minimum Gasteiger partial charge on any atom is -0.483 e. The Morgan fingerprint density at radius 2 is 1.81 bits per heavy atom. The fourth-order valence-corrected chi connectivity index (χ4v) is 2.25. The van der Waals surface area contributed by atoms with Gasteiger partial charge in [-0.05, 0) is 56.4 Å². The van der Waals surface area contributed by atoms with Crippen LogP contribution in [0.1, 0.15) is 37.5 Å². The van der Waals surface area contributed by atoms with E-state index in [2.05, 4.69) is 11.4 Å². The number of hydrogen-bond acceptors (Lipinski definition) is 3. The smallest absolute Gasteiger partial charge is 0.258 e. The van der Waals surface area contributed by atoms with Crippen molar-refractivity contribution in [3.63, 3.8) is 0 Å². The molecule has 0 aliphatic carbocycles. The number of carbonyl (C=O) groups is 2. The Kier molecular flexibility index (Phi) is 5.94. The number of aryl methyl sites for hydroxylation is 2. The van der Waals surface area contributed by atoms with Gasteiger partial charge in [-0.15, -0.1) is 0 Å². The van der Waals surface area contributed by atoms with Gasteiger partial charge in [0.15, 0.2) is 12.4 Å². The molecular weight excluding hydrogens is 266 g/mol. The van der Waals surface area contributed by atoms with Crippen LogP contribution in [-0.2, 0) is 9.59 Å². The van der Waals surface area contributed by atoms with Gasteiger partial charge in [-0.1, -0.05) is 19.9 Å². The minimum atomic E-state index is -0.457. The summed E-state index contributed by atoms with van der Waals surface area (Å²) in [5.74, 6) is 0.462. The molecule has 1 atom stereocenters. The first-order chi connectivity index (χ1) is 9.72. The number of hydrogen-bond donors (Lipinski definition) is 1. The highest BCUT2D eigenvalue weighted by Gasteiger charge is 2.20. The quantitative estimate of drug-likeness (QED) is 0.876. The third kappa shape index (κ3) is 4.88. The number of Topliss-reactive ketones (excluding diaryl/α,β-unsaturated/α-hetero) is 1. The largest absolute Gasteiger partial charge is 0.483 e. The molecule has 0 fully saturated rings. The number of benzene rings is 1. The van der Waals surface area contributed by atoms with Gasteiger partial charge in [0.1, 0.15) is 5.75 Å². The van der Waals surface area contributed by atoms with Gasteiger partial charge in [-0.3, -0.25) is 9.59 Å². The third-order valence-electron chi connectivity index (χ3n) is 3.54. The van der Waals surface area contributed by atoms with E-state index in [1.165, 1.54) is 6.92 Å². The van der Waals surface area contributed by atoms with Crippen LogP contribution in [0.4, 0.5) is 0 Å². The number of amides is 1. The van der Waals surface area contributed by atoms with Gasteiger partial charge in [0.25, 0.3) is 5.91 Å². The summed E-state index contributed by atoms with van der Waals surface area (Å²) in [5, 5.41) is 2.72. The third-order valence-corrected chi connectivity index (χ3v) is 3.54. The van der Waals surface area contributed by atoms with Crippen LogP contribution in [0.25, 0.3) is 0 Å². The summed E-state index contributed by atoms with van der Waals surface area (Å²) in [6, 6.07) is 3.54. The van der Waals surface area contributed by atoms with E-state index in [0.717, 1.165) is 16.7 Å². The minimum absolute atomic E-state index is 0.0408. The molecule has 0 aromatic heterocycles. The Labute approximate surface area is 126 Å². The average molecular weight is 291 g/mol. The summed E-state index contributed by atoms with van der Waals surface area (Å²) >= 11 is 0. The predicted molar refractivity (Wildman–Crippen MR) is 83.6 cm³/mol. The van der Waals surface area contributed by atoms with E-state index in [4.69, 9.17) is 4.74 Å². The standard InChI is InChI=1S/C17H25NO3/c1-10(2)17(14(6)19)18-16(20)9-21-15-8-11(3)7-12(4)13(15)5/h7-8,10,17H,9H2,1-6H3,(H,18,20). The van der Waals surface area contributed by atoms with Crippen molar-refractivity contribution in [1.29, 1.82) is 0 Å². The highest BCUT2D eigenvalue weighted by Crippen LogP contribution is 2.23. The zero-order chi connectivity index (χ0) is 16.2. The molecule has 4 nitrogen and oxygen atoms in total. The van der Waals surface area contributed by atoms with E-state index in [9.17, 15) is 9.59 Å². The highest BCUT2D eigenvalue weighted by molar-refractivity contribution is 5.88. The van der Waals surface area contributed by atoms with E-state index in [1.807, 2.05) is 40.7 Å². The molecule has 0 saturated carbocycles. The van der Waals surface area contributed by atoms with Crippen molar-refractivity contribution in [2.75, 3.05) is 6.61 Å². The van der Waals surface area contributed by atoms with Crippen molar-refractivity contribution < 1.29 is 14.3 Å². The van der Waals surface area contributed by atoms with Crippen LogP contribution in [0.5, 0.6) is 5.75 Å². The molecule has 0 saturated heterocycles. The summed E-state index contributed by atoms with van der Waals surface area (Å²) in [7, 11) is 0. The van der Waals surface area contributed by atoms with Crippen molar-refractivity contribution >= 4 is 11.7 Å². The van der Waals surface area contributed by atoms with Crippen molar-refractivity contribution in [3.05, 3.63) is 28.8 Å². The first-order valence-corrected chi connectivity index (χ1v) is 7.22. The second-order valence-electron chi connectivity index (χ2n) is 5.89. The average Bonchev–Trinajstić information content (AvgIpc) is 2.37. The van der Waals surface area contributed by atoms with Crippen LogP contribution in [-0.4, -0.2) is 24.3 Å². The molecule has 1 aromatic rings. The van der Waals surface area contributed by atoms with Crippen LogP contribution >= 0.6 is 0 Å². The maximum atomic E-state index is 11.9. The van der Waals surface area contributed by atoms with E-state index in [-0.39, 0.29) is 24.2 Å². The van der Waals surface area contributed by atoms with E-state index < -0.39 is 6.04 Å². The lowest BCUT2D eigenvalue weighted by atomic mass is 10.0. The van der Waals surface area contributed by atoms with Gasteiger partial charge in [0.2, 0.25) is 0 Å². The number of nitrogens with one attached hydrogen (secondary N) is 1. The van der Waals surface area contributed by atoms with E-state index in [0.29, 0.717) is 5.75 Å². The molecule has 116 valence electrons. The summed E-state index contributed by atoms with van der Waals surface area (Å²) in [6.45, 7) is 11.2. The van der Waals surface area contributed by atoms with Gasteiger partial charge in [0.05, 0.1) is 6.04 Å². The van der Waals surface area contributed by atoms with Crippen LogP contribution in [0.3, 0.4) is 0 Å². The molecule has 0 heterocycles. The molecule has 1 rings (SSSR count). The zero-order valence-electron chi connectivity index (χ0n) is 13.7. The van der Waals surface area contributed by atoms with Gasteiger partial charge < -0.3 is 10.1 Å². The first kappa shape index (κ1) is 17.2. The van der Waals surface area contributed by atoms with E-state index in [1.54, 1.807) is 0 Å². The molecule has 0 spiro atoms. The monoisotopic (exact) mass is 291 g/mol. The maximum Gasteiger partial charge on any atom is 0.258 e. The molecule has 0 radical (unpaired) electrons. The van der Waals surface area contributed by atoms with Crippen LogP contribution in [0, 0.1) is 26.7 Å². The topological polar surface area (TPSA) is 55.4 Å². The second kappa shape index (κ2) is 7.25. The van der Waals surface area contributed by atoms with Crippen LogP contribution in [0.15, 0.2) is 12.1 Å². The summed E-state index contributed by atoms with van der Waals surface area (Å²) < 4.78 is 5.60. The predicted octanol–water partition coefficient (Wildman–Crippen LogP) is 2.72. The van der Waals surface area contributed by atoms with Gasteiger partial charge in [-0.25, -0.2) is 0 Å². The van der Waals surface area contributed by atoms with Gasteiger partial charge >= 0.3 is 0 Å². The highest BCUT2D eigenvalue weighted by atomic mass is 16.5. The molecular formula is C17H25NO3. The Morgan fingerprint density at radius 1 is 1.19 bits per heavy atom. The lowest BCUT2D eigenvalue weighted by Crippen LogP contribution is -2.45. The van der Waals surface area contributed by atoms with Gasteiger partial charge in [0, 0.05) is 0 Å². The van der Waals surface area contributed by atoms with Crippen LogP contribution < -0.4 is 10.1 Å². The van der Waals surface area contributed by atoms with Crippen molar-refractivity contribution in [2.45, 2.75) is 47.6 Å². The number of rotatable bonds is 6. The molecule has 4 heteroatoms. The Bertz CT molecular complexity index is 535. The first-order valence-electron chi connectivity index (χ1n) is 7.22. The number of ether oxygens (including phenoxy) is 1. The normalized spacial score (nSPS) is 12.1. The van der Waals surface area contributed by atoms with Crippen molar-refractivity contribution in [1.82, 2.24) is 5.32 Å². The second-order valence-corrected chi connectivity index (χ2v) is 5.89. The van der Waals surface area contributed by atoms with Gasteiger partial charge in [-0.2, -0.15) is 0 Å². The number of ketones is 1. The SMILES string of the molecule is CC(=O)C(NC(=O)COc1cc(C)cc(C)c1C)C(C)C. The lowest BCUT2D eigenvalue weighted by Gasteiger charge is -2.20. The maximum absolute atomic E-state index is 11.9. The Hall–Kier alpha value is -1.84. The lowest BCUT2D eigenvalue weighted by molar-refractivity contribution is -0.129. The molecule has 0 aliphatic heterocycles. The number of carbonyl (C=O) groups excluding carboxylic acids is 2. The molecule has 1 aromatic carbocycles. The molecule has 21 heavy (non-hydrogen) atoms. The van der Waals surface area contributed by atoms with Crippen LogP contribution in [0.2, 0.25) is 0 Å². The molecule has 1 amide bonds. The van der Waals surface area contributed by atoms with Crippen molar-refractivity contribution in [3.8, 4) is 5.75 Å². The van der Waals surface area contributed by atoms with Crippen molar-refractivity contribution in [2.24, 2.45) is 5.92 Å². The summed E-state index contributed by atoms with van der Waals surface area (Å²) in [6.07, 6.45) is 0.